The van der Waals surface area contributed by atoms with E-state index in [1.807, 2.05) is 0 Å². The van der Waals surface area contributed by atoms with Crippen LogP contribution in [0.5, 0.6) is 0 Å². The van der Waals surface area contributed by atoms with Gasteiger partial charge in [-0.15, -0.1) is 0 Å². The number of aliphatic hydroxyl groups excluding tert-OH is 1. The van der Waals surface area contributed by atoms with Gasteiger partial charge in [0.1, 0.15) is 12.0 Å². The third-order valence-electron chi connectivity index (χ3n) is 3.78. The number of aliphatic hydroxyl groups is 1. The Morgan fingerprint density at radius 1 is 1.55 bits per heavy atom. The van der Waals surface area contributed by atoms with Gasteiger partial charge in [-0.1, -0.05) is 6.07 Å². The first kappa shape index (κ1) is 14.3. The van der Waals surface area contributed by atoms with Crippen LogP contribution in [-0.2, 0) is 16.6 Å². The van der Waals surface area contributed by atoms with E-state index < -0.39 is 34.5 Å². The summed E-state index contributed by atoms with van der Waals surface area (Å²) in [6, 6.07) is 3.47. The highest BCUT2D eigenvalue weighted by Crippen LogP contribution is 2.49. The summed E-state index contributed by atoms with van der Waals surface area (Å²) in [5.74, 6) is -5.07. The summed E-state index contributed by atoms with van der Waals surface area (Å²) in [7, 11) is 0. The molecule has 0 aromatic heterocycles. The maximum Gasteiger partial charge on any atom is 0.288 e. The molecule has 0 saturated heterocycles. The van der Waals surface area contributed by atoms with Crippen molar-refractivity contribution in [3.05, 3.63) is 39.4 Å². The molecule has 20 heavy (non-hydrogen) atoms. The van der Waals surface area contributed by atoms with Crippen LogP contribution < -0.4 is 5.73 Å². The minimum Gasteiger partial charge on any atom is -0.390 e. The summed E-state index contributed by atoms with van der Waals surface area (Å²) in [6.07, 6.45) is -0.141. The standard InChI is InChI=1S/C12H12F2N2O4/c13-12(14,6-17)11(10(15)18)4-3-7-1-2-8(16(19)20)5-9(7)11/h1-2,5,17H,3-4,6H2,(H2,15,18)/t11-/m1/s1. The van der Waals surface area contributed by atoms with Crippen molar-refractivity contribution in [3.63, 3.8) is 0 Å². The molecule has 2 rings (SSSR count). The molecular weight excluding hydrogens is 274 g/mol. The van der Waals surface area contributed by atoms with Gasteiger partial charge in [-0.3, -0.25) is 14.9 Å². The van der Waals surface area contributed by atoms with Crippen LogP contribution in [0.1, 0.15) is 17.5 Å². The third-order valence-corrected chi connectivity index (χ3v) is 3.78. The van der Waals surface area contributed by atoms with E-state index in [0.717, 1.165) is 6.07 Å². The molecule has 0 fully saturated rings. The molecule has 0 radical (unpaired) electrons. The summed E-state index contributed by atoms with van der Waals surface area (Å²) < 4.78 is 28.1. The summed E-state index contributed by atoms with van der Waals surface area (Å²) >= 11 is 0. The van der Waals surface area contributed by atoms with Gasteiger partial charge in [0.15, 0.2) is 0 Å². The number of non-ortho nitro benzene ring substituents is 1. The minimum atomic E-state index is -3.78. The maximum atomic E-state index is 14.1. The minimum absolute atomic E-state index is 0.145. The SMILES string of the molecule is NC(=O)[C@@]1(C(F)(F)CO)CCc2ccc([N+](=O)[O-])cc21. The summed E-state index contributed by atoms with van der Waals surface area (Å²) in [4.78, 5) is 21.7. The Balaban J connectivity index is 2.70. The predicted octanol–water partition coefficient (Wildman–Crippen LogP) is 0.892. The van der Waals surface area contributed by atoms with E-state index in [2.05, 4.69) is 0 Å². The van der Waals surface area contributed by atoms with Crippen molar-refractivity contribution in [2.24, 2.45) is 5.73 Å². The fourth-order valence-electron chi connectivity index (χ4n) is 2.70. The number of carbonyl (C=O) groups is 1. The average Bonchev–Trinajstić information content (AvgIpc) is 2.78. The average molecular weight is 286 g/mol. The number of hydrogen-bond acceptors (Lipinski definition) is 4. The van der Waals surface area contributed by atoms with Crippen LogP contribution in [0.15, 0.2) is 18.2 Å². The van der Waals surface area contributed by atoms with Gasteiger partial charge < -0.3 is 10.8 Å². The zero-order chi connectivity index (χ0) is 15.1. The number of nitro benzene ring substituents is 1. The largest absolute Gasteiger partial charge is 0.390 e. The number of rotatable bonds is 4. The fraction of sp³-hybridized carbons (Fsp3) is 0.417. The van der Waals surface area contributed by atoms with Crippen LogP contribution in [0.25, 0.3) is 0 Å². The number of amides is 1. The molecule has 3 N–H and O–H groups in total. The molecule has 6 nitrogen and oxygen atoms in total. The van der Waals surface area contributed by atoms with Gasteiger partial charge in [-0.2, -0.15) is 0 Å². The monoisotopic (exact) mass is 286 g/mol. The highest BCUT2D eigenvalue weighted by atomic mass is 19.3. The van der Waals surface area contributed by atoms with Crippen molar-refractivity contribution in [1.29, 1.82) is 0 Å². The molecule has 108 valence electrons. The van der Waals surface area contributed by atoms with Crippen molar-refractivity contribution >= 4 is 11.6 Å². The quantitative estimate of drug-likeness (QED) is 0.633. The van der Waals surface area contributed by atoms with Gasteiger partial charge in [0.05, 0.1) is 4.92 Å². The number of aryl methyl sites for hydroxylation is 1. The van der Waals surface area contributed by atoms with E-state index in [1.165, 1.54) is 12.1 Å². The number of nitro groups is 1. The van der Waals surface area contributed by atoms with E-state index in [9.17, 15) is 23.7 Å². The lowest BCUT2D eigenvalue weighted by atomic mass is 9.75. The number of alkyl halides is 2. The lowest BCUT2D eigenvalue weighted by Crippen LogP contribution is -2.55. The molecule has 0 bridgehead atoms. The van der Waals surface area contributed by atoms with Gasteiger partial charge >= 0.3 is 0 Å². The van der Waals surface area contributed by atoms with E-state index in [4.69, 9.17) is 10.8 Å². The van der Waals surface area contributed by atoms with E-state index in [1.54, 1.807) is 0 Å². The lowest BCUT2D eigenvalue weighted by Gasteiger charge is -2.33. The lowest BCUT2D eigenvalue weighted by molar-refractivity contribution is -0.385. The molecule has 0 saturated carbocycles. The molecule has 8 heteroatoms. The highest BCUT2D eigenvalue weighted by molar-refractivity contribution is 5.90. The van der Waals surface area contributed by atoms with E-state index in [-0.39, 0.29) is 18.4 Å². The molecule has 0 spiro atoms. The molecule has 0 aliphatic heterocycles. The molecule has 0 heterocycles. The number of nitrogens with two attached hydrogens (primary N) is 1. The molecule has 1 aromatic rings. The Morgan fingerprint density at radius 2 is 2.20 bits per heavy atom. The van der Waals surface area contributed by atoms with E-state index >= 15 is 0 Å². The number of primary amides is 1. The van der Waals surface area contributed by atoms with Crippen LogP contribution in [0.3, 0.4) is 0 Å². The Kier molecular flexibility index (Phi) is 3.21. The van der Waals surface area contributed by atoms with Crippen molar-refractivity contribution < 1.29 is 23.6 Å². The zero-order valence-electron chi connectivity index (χ0n) is 10.3. The first-order valence-corrected chi connectivity index (χ1v) is 5.82. The highest BCUT2D eigenvalue weighted by Gasteiger charge is 2.61. The zero-order valence-corrected chi connectivity index (χ0v) is 10.3. The first-order chi connectivity index (χ1) is 9.26. The van der Waals surface area contributed by atoms with E-state index in [0.29, 0.717) is 5.56 Å². The molecule has 0 unspecified atom stereocenters. The van der Waals surface area contributed by atoms with Gasteiger partial charge in [-0.25, -0.2) is 8.78 Å². The smallest absolute Gasteiger partial charge is 0.288 e. The second-order valence-corrected chi connectivity index (χ2v) is 4.73. The van der Waals surface area contributed by atoms with Crippen LogP contribution in [0, 0.1) is 10.1 Å². The normalized spacial score (nSPS) is 21.6. The Bertz CT molecular complexity index is 591. The van der Waals surface area contributed by atoms with Crippen LogP contribution in [0.2, 0.25) is 0 Å². The number of halogens is 2. The maximum absolute atomic E-state index is 14.1. The predicted molar refractivity (Wildman–Crippen MR) is 64.3 cm³/mol. The summed E-state index contributed by atoms with van der Waals surface area (Å²) in [5.41, 5.74) is 2.57. The topological polar surface area (TPSA) is 106 Å². The van der Waals surface area contributed by atoms with Crippen molar-refractivity contribution in [2.75, 3.05) is 6.61 Å². The number of carbonyl (C=O) groups excluding carboxylic acids is 1. The van der Waals surface area contributed by atoms with Crippen LogP contribution >= 0.6 is 0 Å². The van der Waals surface area contributed by atoms with Crippen LogP contribution in [-0.4, -0.2) is 28.5 Å². The molecule has 1 amide bonds. The van der Waals surface area contributed by atoms with Crippen molar-refractivity contribution in [2.45, 2.75) is 24.2 Å². The van der Waals surface area contributed by atoms with Gasteiger partial charge in [0.2, 0.25) is 5.91 Å². The summed E-state index contributed by atoms with van der Waals surface area (Å²) in [6.45, 7) is -1.56. The number of hydrogen-bond donors (Lipinski definition) is 2. The number of benzene rings is 1. The molecular formula is C12H12F2N2O4. The Labute approximate surface area is 112 Å². The second-order valence-electron chi connectivity index (χ2n) is 4.73. The Hall–Kier alpha value is -2.09. The molecule has 1 aliphatic rings. The van der Waals surface area contributed by atoms with Gasteiger partial charge in [0.25, 0.3) is 11.6 Å². The first-order valence-electron chi connectivity index (χ1n) is 5.82. The molecule has 1 aliphatic carbocycles. The van der Waals surface area contributed by atoms with Crippen molar-refractivity contribution in [3.8, 4) is 0 Å². The van der Waals surface area contributed by atoms with Gasteiger partial charge in [0, 0.05) is 12.1 Å². The number of nitrogens with zero attached hydrogens (tertiary/aromatic N) is 1. The number of fused-ring (bicyclic) bond motifs is 1. The summed E-state index contributed by atoms with van der Waals surface area (Å²) in [5, 5.41) is 19.6. The Morgan fingerprint density at radius 3 is 2.70 bits per heavy atom. The molecule has 1 atom stereocenters. The fourth-order valence-corrected chi connectivity index (χ4v) is 2.70. The third kappa shape index (κ3) is 1.75. The molecule has 1 aromatic carbocycles. The van der Waals surface area contributed by atoms with Crippen molar-refractivity contribution in [1.82, 2.24) is 0 Å². The van der Waals surface area contributed by atoms with Gasteiger partial charge in [-0.05, 0) is 24.0 Å². The second kappa shape index (κ2) is 4.48. The van der Waals surface area contributed by atoms with Crippen LogP contribution in [0.4, 0.5) is 14.5 Å².